The second kappa shape index (κ2) is 9.57. The Morgan fingerprint density at radius 1 is 0.973 bits per heavy atom. The zero-order valence-corrected chi connectivity index (χ0v) is 21.7. The molecule has 0 saturated heterocycles. The summed E-state index contributed by atoms with van der Waals surface area (Å²) in [5.74, 6) is 0.479. The lowest BCUT2D eigenvalue weighted by Crippen LogP contribution is -2.19. The Hall–Kier alpha value is -3.81. The van der Waals surface area contributed by atoms with Gasteiger partial charge < -0.3 is 4.74 Å². The summed E-state index contributed by atoms with van der Waals surface area (Å²) in [6.45, 7) is 2.07. The first-order chi connectivity index (χ1) is 18.0. The van der Waals surface area contributed by atoms with Crippen LogP contribution in [0.15, 0.2) is 83.3 Å². The standard InChI is InChI=1S/C29H22ClFN4OS/c1-17-3-5-18(6-4-17)25-15-27(23-14-20-13-22(36-2)11-12-24(20)32-28(23)30)35(34-25)29-33-26(16-37-29)19-7-9-21(31)10-8-19/h3-14,16,27H,15H2,1-2H3. The molecule has 0 bridgehead atoms. The third kappa shape index (κ3) is 4.56. The van der Waals surface area contributed by atoms with Crippen LogP contribution in [0.1, 0.15) is 29.2 Å². The van der Waals surface area contributed by atoms with Crippen molar-refractivity contribution >= 4 is 44.7 Å². The maximum absolute atomic E-state index is 13.4. The number of hydrogen-bond acceptors (Lipinski definition) is 6. The molecule has 37 heavy (non-hydrogen) atoms. The molecule has 3 aromatic carbocycles. The molecule has 0 N–H and O–H groups in total. The highest BCUT2D eigenvalue weighted by molar-refractivity contribution is 7.14. The van der Waals surface area contributed by atoms with E-state index in [2.05, 4.69) is 42.2 Å². The van der Waals surface area contributed by atoms with Gasteiger partial charge >= 0.3 is 0 Å². The minimum Gasteiger partial charge on any atom is -0.497 e. The van der Waals surface area contributed by atoms with Crippen molar-refractivity contribution in [3.63, 3.8) is 0 Å². The molecule has 1 unspecified atom stereocenters. The van der Waals surface area contributed by atoms with Gasteiger partial charge in [-0.15, -0.1) is 11.3 Å². The fourth-order valence-electron chi connectivity index (χ4n) is 4.48. The fraction of sp³-hybridized carbons (Fsp3) is 0.138. The normalized spacial score (nSPS) is 15.3. The molecule has 1 atom stereocenters. The Kier molecular flexibility index (Phi) is 6.10. The van der Waals surface area contributed by atoms with E-state index in [4.69, 9.17) is 26.4 Å². The number of hydrogen-bond donors (Lipinski definition) is 0. The van der Waals surface area contributed by atoms with E-state index in [-0.39, 0.29) is 11.9 Å². The van der Waals surface area contributed by atoms with E-state index in [1.807, 2.05) is 28.6 Å². The van der Waals surface area contributed by atoms with Gasteiger partial charge in [0.05, 0.1) is 30.1 Å². The largest absolute Gasteiger partial charge is 0.497 e. The van der Waals surface area contributed by atoms with Gasteiger partial charge in [0.1, 0.15) is 16.7 Å². The zero-order chi connectivity index (χ0) is 25.5. The van der Waals surface area contributed by atoms with Gasteiger partial charge in [-0.2, -0.15) is 5.10 Å². The third-order valence-electron chi connectivity index (χ3n) is 6.48. The van der Waals surface area contributed by atoms with Crippen molar-refractivity contribution in [2.75, 3.05) is 12.1 Å². The first kappa shape index (κ1) is 23.6. The lowest BCUT2D eigenvalue weighted by atomic mass is 9.98. The number of pyridine rings is 1. The lowest BCUT2D eigenvalue weighted by Gasteiger charge is -2.22. The van der Waals surface area contributed by atoms with Gasteiger partial charge in [-0.3, -0.25) is 0 Å². The van der Waals surface area contributed by atoms with E-state index in [0.29, 0.717) is 11.6 Å². The van der Waals surface area contributed by atoms with E-state index in [9.17, 15) is 4.39 Å². The smallest absolute Gasteiger partial charge is 0.207 e. The molecule has 8 heteroatoms. The number of halogens is 2. The van der Waals surface area contributed by atoms with Crippen LogP contribution >= 0.6 is 22.9 Å². The van der Waals surface area contributed by atoms with Crippen LogP contribution in [0.3, 0.4) is 0 Å². The molecule has 3 heterocycles. The van der Waals surface area contributed by atoms with Gasteiger partial charge in [0.15, 0.2) is 0 Å². The molecule has 184 valence electrons. The monoisotopic (exact) mass is 528 g/mol. The predicted octanol–water partition coefficient (Wildman–Crippen LogP) is 7.82. The number of aryl methyl sites for hydroxylation is 1. The van der Waals surface area contributed by atoms with Crippen LogP contribution < -0.4 is 9.75 Å². The Balaban J connectivity index is 1.44. The molecular formula is C29H22ClFN4OS. The summed E-state index contributed by atoms with van der Waals surface area (Å²) in [4.78, 5) is 9.53. The van der Waals surface area contributed by atoms with Crippen LogP contribution in [0.25, 0.3) is 22.2 Å². The molecule has 0 fully saturated rings. The maximum Gasteiger partial charge on any atom is 0.207 e. The second-order valence-corrected chi connectivity index (χ2v) is 10.1. The fourth-order valence-corrected chi connectivity index (χ4v) is 5.58. The number of rotatable bonds is 5. The van der Waals surface area contributed by atoms with Crippen molar-refractivity contribution in [1.29, 1.82) is 0 Å². The number of aromatic nitrogens is 2. The Morgan fingerprint density at radius 2 is 1.73 bits per heavy atom. The van der Waals surface area contributed by atoms with Crippen LogP contribution in [-0.4, -0.2) is 22.8 Å². The third-order valence-corrected chi connectivity index (χ3v) is 7.62. The summed E-state index contributed by atoms with van der Waals surface area (Å²) in [7, 11) is 1.65. The van der Waals surface area contributed by atoms with E-state index in [0.717, 1.165) is 49.9 Å². The summed E-state index contributed by atoms with van der Waals surface area (Å²) < 4.78 is 18.9. The predicted molar refractivity (Wildman–Crippen MR) is 148 cm³/mol. The number of thiazole rings is 1. The average molecular weight is 529 g/mol. The molecule has 0 saturated carbocycles. The topological polar surface area (TPSA) is 50.6 Å². The molecule has 5 nitrogen and oxygen atoms in total. The van der Waals surface area contributed by atoms with Crippen molar-refractivity contribution in [3.05, 3.63) is 106 Å². The number of ether oxygens (including phenoxy) is 1. The van der Waals surface area contributed by atoms with Gasteiger partial charge in [0.2, 0.25) is 5.13 Å². The van der Waals surface area contributed by atoms with E-state index >= 15 is 0 Å². The number of hydrazone groups is 1. The minimum atomic E-state index is -0.277. The summed E-state index contributed by atoms with van der Waals surface area (Å²) >= 11 is 8.26. The number of benzene rings is 3. The van der Waals surface area contributed by atoms with E-state index < -0.39 is 0 Å². The van der Waals surface area contributed by atoms with Crippen molar-refractivity contribution in [2.24, 2.45) is 5.10 Å². The second-order valence-electron chi connectivity index (χ2n) is 8.93. The highest BCUT2D eigenvalue weighted by Crippen LogP contribution is 2.42. The Labute approximate surface area is 222 Å². The van der Waals surface area contributed by atoms with Crippen LogP contribution in [0.2, 0.25) is 5.15 Å². The molecular weight excluding hydrogens is 507 g/mol. The van der Waals surface area contributed by atoms with Crippen LogP contribution in [0.4, 0.5) is 9.52 Å². The first-order valence-corrected chi connectivity index (χ1v) is 13.0. The molecule has 1 aliphatic heterocycles. The van der Waals surface area contributed by atoms with Crippen molar-refractivity contribution < 1.29 is 9.13 Å². The van der Waals surface area contributed by atoms with Gasteiger partial charge in [0.25, 0.3) is 0 Å². The summed E-state index contributed by atoms with van der Waals surface area (Å²) in [5, 5.41) is 11.0. The lowest BCUT2D eigenvalue weighted by molar-refractivity contribution is 0.415. The molecule has 0 radical (unpaired) electrons. The quantitative estimate of drug-likeness (QED) is 0.218. The molecule has 0 amide bonds. The highest BCUT2D eigenvalue weighted by atomic mass is 35.5. The SMILES string of the molecule is COc1ccc2nc(Cl)c(C3CC(c4ccc(C)cc4)=NN3c3nc(-c4ccc(F)cc4)cs3)cc2c1. The van der Waals surface area contributed by atoms with Crippen LogP contribution in [0.5, 0.6) is 5.75 Å². The molecule has 0 aliphatic carbocycles. The summed E-state index contributed by atoms with van der Waals surface area (Å²) in [5.41, 5.74) is 6.48. The summed E-state index contributed by atoms with van der Waals surface area (Å²) in [6, 6.07) is 22.3. The Morgan fingerprint density at radius 3 is 2.49 bits per heavy atom. The summed E-state index contributed by atoms with van der Waals surface area (Å²) in [6.07, 6.45) is 0.644. The number of nitrogens with zero attached hydrogens (tertiary/aromatic N) is 4. The van der Waals surface area contributed by atoms with E-state index in [1.165, 1.54) is 29.0 Å². The van der Waals surface area contributed by atoms with Gasteiger partial charge in [-0.1, -0.05) is 41.4 Å². The molecule has 0 spiro atoms. The molecule has 2 aromatic heterocycles. The molecule has 5 aromatic rings. The number of anilines is 1. The van der Waals surface area contributed by atoms with Crippen LogP contribution in [0, 0.1) is 12.7 Å². The minimum absolute atomic E-state index is 0.195. The van der Waals surface area contributed by atoms with Crippen molar-refractivity contribution in [3.8, 4) is 17.0 Å². The number of methoxy groups -OCH3 is 1. The van der Waals surface area contributed by atoms with Gasteiger partial charge in [-0.25, -0.2) is 19.4 Å². The average Bonchev–Trinajstić information content (AvgIpc) is 3.57. The highest BCUT2D eigenvalue weighted by Gasteiger charge is 2.33. The van der Waals surface area contributed by atoms with Gasteiger partial charge in [-0.05, 0) is 61.0 Å². The van der Waals surface area contributed by atoms with Crippen LogP contribution in [-0.2, 0) is 0 Å². The van der Waals surface area contributed by atoms with Gasteiger partial charge in [0, 0.05) is 28.3 Å². The Bertz CT molecular complexity index is 1630. The first-order valence-electron chi connectivity index (χ1n) is 11.8. The maximum atomic E-state index is 13.4. The van der Waals surface area contributed by atoms with E-state index in [1.54, 1.807) is 19.2 Å². The molecule has 6 rings (SSSR count). The number of fused-ring (bicyclic) bond motifs is 1. The molecule has 1 aliphatic rings. The van der Waals surface area contributed by atoms with Crippen molar-refractivity contribution in [2.45, 2.75) is 19.4 Å². The van der Waals surface area contributed by atoms with Crippen molar-refractivity contribution in [1.82, 2.24) is 9.97 Å². The zero-order valence-electron chi connectivity index (χ0n) is 20.2.